The van der Waals surface area contributed by atoms with Gasteiger partial charge in [-0.3, -0.25) is 9.36 Å². The number of aromatic nitrogens is 1. The summed E-state index contributed by atoms with van der Waals surface area (Å²) in [6, 6.07) is 3.51. The van der Waals surface area contributed by atoms with Crippen molar-refractivity contribution < 1.29 is 24.5 Å². The molecule has 1 heterocycles. The highest BCUT2D eigenvalue weighted by Gasteiger charge is 2.45. The largest absolute Gasteiger partial charge is 0.384 e. The van der Waals surface area contributed by atoms with Crippen molar-refractivity contribution in [2.75, 3.05) is 13.2 Å². The zero-order valence-corrected chi connectivity index (χ0v) is 14.1. The lowest BCUT2D eigenvalue weighted by molar-refractivity contribution is -0.289. The first-order valence-corrected chi connectivity index (χ1v) is 7.92. The van der Waals surface area contributed by atoms with Crippen LogP contribution in [0.25, 0.3) is 0 Å². The van der Waals surface area contributed by atoms with E-state index in [2.05, 4.69) is 6.58 Å². The monoisotopic (exact) mass is 325 g/mol. The molecule has 2 N–H and O–H groups in total. The Hall–Kier alpha value is -1.47. The summed E-state index contributed by atoms with van der Waals surface area (Å²) in [6.07, 6.45) is 0.653. The topological polar surface area (TPSA) is 80.9 Å². The molecule has 1 aromatic heterocycles. The maximum atomic E-state index is 12.5. The van der Waals surface area contributed by atoms with Gasteiger partial charge in [-0.05, 0) is 32.4 Å². The Morgan fingerprint density at radius 2 is 1.96 bits per heavy atom. The van der Waals surface area contributed by atoms with Gasteiger partial charge in [0, 0.05) is 31.5 Å². The van der Waals surface area contributed by atoms with Crippen LogP contribution in [0.1, 0.15) is 37.7 Å². The summed E-state index contributed by atoms with van der Waals surface area (Å²) in [5, 5.41) is 21.0. The molecule has 0 amide bonds. The molecule has 0 aromatic carbocycles. The Balaban J connectivity index is 3.08. The van der Waals surface area contributed by atoms with Crippen LogP contribution in [-0.4, -0.2) is 51.9 Å². The number of hydrogen-bond donors (Lipinski definition) is 2. The lowest BCUT2D eigenvalue weighted by Crippen LogP contribution is -2.55. The van der Waals surface area contributed by atoms with Gasteiger partial charge in [0.2, 0.25) is 5.79 Å². The van der Waals surface area contributed by atoms with Crippen LogP contribution in [0.4, 0.5) is 0 Å². The molecule has 23 heavy (non-hydrogen) atoms. The fourth-order valence-electron chi connectivity index (χ4n) is 2.58. The summed E-state index contributed by atoms with van der Waals surface area (Å²) in [6.45, 7) is 9.55. The highest BCUT2D eigenvalue weighted by Crippen LogP contribution is 2.27. The van der Waals surface area contributed by atoms with Crippen LogP contribution in [0.15, 0.2) is 31.0 Å². The molecule has 0 bridgehead atoms. The van der Waals surface area contributed by atoms with Crippen LogP contribution < -0.4 is 0 Å². The summed E-state index contributed by atoms with van der Waals surface area (Å²) in [5.41, 5.74) is 0.753. The summed E-state index contributed by atoms with van der Waals surface area (Å²) in [4.78, 5) is 12.5. The van der Waals surface area contributed by atoms with Gasteiger partial charge in [-0.2, -0.15) is 0 Å². The molecule has 6 nitrogen and oxygen atoms in total. The van der Waals surface area contributed by atoms with Crippen LogP contribution in [0, 0.1) is 0 Å². The molecule has 0 aliphatic carbocycles. The van der Waals surface area contributed by atoms with E-state index < -0.39 is 23.9 Å². The van der Waals surface area contributed by atoms with E-state index in [1.54, 1.807) is 32.2 Å². The number of hydrogen-bond acceptors (Lipinski definition) is 5. The molecular weight excluding hydrogens is 298 g/mol. The van der Waals surface area contributed by atoms with Crippen LogP contribution in [-0.2, 0) is 15.9 Å². The number of carbonyl (C=O) groups excluding carboxylic acids is 1. The maximum Gasteiger partial charge on any atom is 0.262 e. The molecule has 0 aliphatic rings. The molecule has 6 heteroatoms. The van der Waals surface area contributed by atoms with Gasteiger partial charge >= 0.3 is 0 Å². The summed E-state index contributed by atoms with van der Waals surface area (Å²) in [7, 11) is 0. The molecule has 1 aromatic rings. The molecule has 0 radical (unpaired) electrons. The van der Waals surface area contributed by atoms with Crippen molar-refractivity contribution in [3.8, 4) is 0 Å². The highest BCUT2D eigenvalue weighted by molar-refractivity contribution is 5.84. The van der Waals surface area contributed by atoms with Crippen LogP contribution in [0.5, 0.6) is 0 Å². The molecule has 0 aliphatic heterocycles. The number of nitrogens with zero attached hydrogens (tertiary/aromatic N) is 1. The Morgan fingerprint density at radius 3 is 2.43 bits per heavy atom. The van der Waals surface area contributed by atoms with Crippen molar-refractivity contribution in [3.63, 3.8) is 0 Å². The van der Waals surface area contributed by atoms with Gasteiger partial charge in [-0.25, -0.2) is 0 Å². The van der Waals surface area contributed by atoms with Gasteiger partial charge in [0.1, 0.15) is 6.10 Å². The van der Waals surface area contributed by atoms with Crippen LogP contribution in [0.3, 0.4) is 0 Å². The number of aliphatic hydroxyl groups excluding tert-OH is 2. The number of aryl methyl sites for hydroxylation is 1. The van der Waals surface area contributed by atoms with Gasteiger partial charge in [0.15, 0.2) is 6.10 Å². The third-order valence-corrected chi connectivity index (χ3v) is 3.64. The van der Waals surface area contributed by atoms with Crippen molar-refractivity contribution in [1.82, 2.24) is 4.57 Å². The summed E-state index contributed by atoms with van der Waals surface area (Å²) < 4.78 is 12.4. The lowest BCUT2D eigenvalue weighted by atomic mass is 9.99. The van der Waals surface area contributed by atoms with Crippen molar-refractivity contribution in [2.24, 2.45) is 0 Å². The number of carbonyl (C=O) groups is 1. The Labute approximate surface area is 137 Å². The maximum absolute atomic E-state index is 12.5. The second kappa shape index (κ2) is 8.98. The van der Waals surface area contributed by atoms with Crippen molar-refractivity contribution in [3.05, 3.63) is 36.7 Å². The third kappa shape index (κ3) is 4.29. The molecule has 0 fully saturated rings. The predicted molar refractivity (Wildman–Crippen MR) is 87.2 cm³/mol. The second-order valence-corrected chi connectivity index (χ2v) is 5.12. The Kier molecular flexibility index (Phi) is 7.64. The normalized spacial score (nSPS) is 14.5. The number of rotatable bonds is 10. The van der Waals surface area contributed by atoms with E-state index in [9.17, 15) is 15.0 Å². The Bertz CT molecular complexity index is 505. The highest BCUT2D eigenvalue weighted by atomic mass is 16.7. The smallest absolute Gasteiger partial charge is 0.262 e. The van der Waals surface area contributed by atoms with E-state index in [0.29, 0.717) is 6.42 Å². The average Bonchev–Trinajstić information content (AvgIpc) is 3.02. The third-order valence-electron chi connectivity index (χ3n) is 3.64. The van der Waals surface area contributed by atoms with Crippen LogP contribution in [0.2, 0.25) is 0 Å². The van der Waals surface area contributed by atoms with Gasteiger partial charge in [0.05, 0.1) is 0 Å². The molecular formula is C17H27NO5. The van der Waals surface area contributed by atoms with Gasteiger partial charge in [0.25, 0.3) is 5.91 Å². The molecule has 0 saturated carbocycles. The lowest BCUT2D eigenvalue weighted by Gasteiger charge is -2.38. The van der Waals surface area contributed by atoms with Crippen LogP contribution >= 0.6 is 0 Å². The SMILES string of the molecule is C=CCC(OCC)(OCC)[C@H](O)[C@@H](O)C(=O)n1cccc1CC. The van der Waals surface area contributed by atoms with E-state index in [-0.39, 0.29) is 19.6 Å². The van der Waals surface area contributed by atoms with Gasteiger partial charge < -0.3 is 19.7 Å². The zero-order chi connectivity index (χ0) is 17.5. The zero-order valence-electron chi connectivity index (χ0n) is 14.1. The fraction of sp³-hybridized carbons (Fsp3) is 0.588. The molecule has 0 saturated heterocycles. The molecule has 0 spiro atoms. The van der Waals surface area contributed by atoms with Gasteiger partial charge in [-0.15, -0.1) is 6.58 Å². The van der Waals surface area contributed by atoms with E-state index in [0.717, 1.165) is 5.69 Å². The molecule has 130 valence electrons. The van der Waals surface area contributed by atoms with Crippen molar-refractivity contribution in [2.45, 2.75) is 51.6 Å². The minimum atomic E-state index is -1.68. The first kappa shape index (κ1) is 19.6. The van der Waals surface area contributed by atoms with E-state index >= 15 is 0 Å². The molecule has 1 rings (SSSR count). The Morgan fingerprint density at radius 1 is 1.35 bits per heavy atom. The van der Waals surface area contributed by atoms with E-state index in [4.69, 9.17) is 9.47 Å². The van der Waals surface area contributed by atoms with Crippen molar-refractivity contribution in [1.29, 1.82) is 0 Å². The van der Waals surface area contributed by atoms with Crippen molar-refractivity contribution >= 4 is 5.91 Å². The number of ether oxygens (including phenoxy) is 2. The minimum absolute atomic E-state index is 0.145. The van der Waals surface area contributed by atoms with E-state index in [1.165, 1.54) is 10.6 Å². The van der Waals surface area contributed by atoms with Gasteiger partial charge in [-0.1, -0.05) is 13.0 Å². The molecule has 2 atom stereocenters. The first-order chi connectivity index (χ1) is 11.0. The van der Waals surface area contributed by atoms with E-state index in [1.807, 2.05) is 6.92 Å². The quantitative estimate of drug-likeness (QED) is 0.506. The minimum Gasteiger partial charge on any atom is -0.384 e. The number of aliphatic hydroxyl groups is 2. The average molecular weight is 325 g/mol. The predicted octanol–water partition coefficient (Wildman–Crippen LogP) is 1.76. The standard InChI is InChI=1S/C17H27NO5/c1-5-11-17(22-7-3,23-8-4)15(20)14(19)16(21)18-12-9-10-13(18)6-2/h5,9-10,12,14-15,19-20H,1,6-8,11H2,2-4H3/t14-,15-/m1/s1. The second-order valence-electron chi connectivity index (χ2n) is 5.12. The summed E-state index contributed by atoms with van der Waals surface area (Å²) in [5.74, 6) is -2.12. The summed E-state index contributed by atoms with van der Waals surface area (Å²) >= 11 is 0. The molecule has 0 unspecified atom stereocenters. The fourth-order valence-corrected chi connectivity index (χ4v) is 2.58. The first-order valence-electron chi connectivity index (χ1n) is 7.92.